The highest BCUT2D eigenvalue weighted by Gasteiger charge is 2.26. The van der Waals surface area contributed by atoms with E-state index in [1.165, 1.54) is 0 Å². The molecule has 0 unspecified atom stereocenters. The van der Waals surface area contributed by atoms with Crippen molar-refractivity contribution in [2.75, 3.05) is 7.05 Å². The monoisotopic (exact) mass is 301 g/mol. The number of likely N-dealkylation sites (N-methyl/N-ethyl adjacent to an activating group) is 1. The molecule has 0 aliphatic rings. The van der Waals surface area contributed by atoms with Gasteiger partial charge >= 0.3 is 5.97 Å². The van der Waals surface area contributed by atoms with Gasteiger partial charge in [0.15, 0.2) is 0 Å². The Bertz CT molecular complexity index is 644. The number of rotatable bonds is 6. The zero-order chi connectivity index (χ0) is 16.3. The van der Waals surface area contributed by atoms with Crippen LogP contribution in [-0.4, -0.2) is 33.2 Å². The minimum Gasteiger partial charge on any atom is -0.480 e. The Morgan fingerprint density at radius 3 is 2.68 bits per heavy atom. The summed E-state index contributed by atoms with van der Waals surface area (Å²) in [4.78, 5) is 13.6. The second kappa shape index (κ2) is 6.75. The molecule has 2 N–H and O–H groups in total. The maximum Gasteiger partial charge on any atom is 0.325 e. The van der Waals surface area contributed by atoms with Crippen LogP contribution in [0.1, 0.15) is 41.0 Å². The van der Waals surface area contributed by atoms with E-state index in [2.05, 4.69) is 17.1 Å². The van der Waals surface area contributed by atoms with E-state index in [-0.39, 0.29) is 0 Å². The fraction of sp³-hybridized carbons (Fsp3) is 0.412. The number of hydrogen-bond donors (Lipinski definition) is 2. The van der Waals surface area contributed by atoms with Gasteiger partial charge in [0.2, 0.25) is 0 Å². The van der Waals surface area contributed by atoms with Gasteiger partial charge in [-0.15, -0.1) is 0 Å². The molecule has 0 fully saturated rings. The van der Waals surface area contributed by atoms with Crippen molar-refractivity contribution in [2.45, 2.75) is 39.8 Å². The minimum atomic E-state index is -0.838. The van der Waals surface area contributed by atoms with E-state index < -0.39 is 12.0 Å². The average molecular weight is 301 g/mol. The van der Waals surface area contributed by atoms with Crippen molar-refractivity contribution in [1.82, 2.24) is 15.1 Å². The van der Waals surface area contributed by atoms with Crippen LogP contribution in [0.5, 0.6) is 0 Å². The van der Waals surface area contributed by atoms with Crippen LogP contribution in [-0.2, 0) is 17.8 Å². The molecule has 0 aliphatic carbocycles. The van der Waals surface area contributed by atoms with Crippen molar-refractivity contribution >= 4 is 5.97 Å². The van der Waals surface area contributed by atoms with E-state index in [0.29, 0.717) is 6.54 Å². The molecule has 0 bridgehead atoms. The number of carboxylic acids is 1. The number of nitrogens with zero attached hydrogens (tertiary/aromatic N) is 2. The summed E-state index contributed by atoms with van der Waals surface area (Å²) < 4.78 is 0. The van der Waals surface area contributed by atoms with Gasteiger partial charge in [-0.25, -0.2) is 0 Å². The highest BCUT2D eigenvalue weighted by atomic mass is 16.4. The topological polar surface area (TPSA) is 69.2 Å². The number of aliphatic carboxylic acids is 1. The molecule has 2 aromatic rings. The van der Waals surface area contributed by atoms with Gasteiger partial charge in [0.05, 0.1) is 5.69 Å². The molecule has 1 heterocycles. The highest BCUT2D eigenvalue weighted by Crippen LogP contribution is 2.24. The number of carboxylic acid groups (broad SMARTS) is 1. The Labute approximate surface area is 131 Å². The average Bonchev–Trinajstić information content (AvgIpc) is 2.79. The first-order chi connectivity index (χ1) is 10.4. The molecule has 118 valence electrons. The molecular formula is C17H23N3O2. The second-order valence-corrected chi connectivity index (χ2v) is 5.67. The Morgan fingerprint density at radius 2 is 2.14 bits per heavy atom. The fourth-order valence-electron chi connectivity index (χ4n) is 2.72. The van der Waals surface area contributed by atoms with E-state index in [1.807, 2.05) is 50.1 Å². The molecule has 5 nitrogen and oxygen atoms in total. The Morgan fingerprint density at radius 1 is 1.41 bits per heavy atom. The normalized spacial score (nSPS) is 12.6. The maximum atomic E-state index is 11.8. The van der Waals surface area contributed by atoms with Crippen molar-refractivity contribution in [3.8, 4) is 0 Å². The van der Waals surface area contributed by atoms with Crippen molar-refractivity contribution in [3.05, 3.63) is 52.3 Å². The van der Waals surface area contributed by atoms with Crippen LogP contribution < -0.4 is 0 Å². The maximum absolute atomic E-state index is 11.8. The number of aromatic amines is 1. The van der Waals surface area contributed by atoms with Gasteiger partial charge in [0.1, 0.15) is 6.04 Å². The van der Waals surface area contributed by atoms with Crippen LogP contribution >= 0.6 is 0 Å². The SMILES string of the molecule is CCc1cccc([C@H](C(=O)O)N(C)Cc2c(C)n[nH]c2C)c1. The van der Waals surface area contributed by atoms with E-state index in [9.17, 15) is 9.90 Å². The van der Waals surface area contributed by atoms with Crippen molar-refractivity contribution in [1.29, 1.82) is 0 Å². The lowest BCUT2D eigenvalue weighted by Gasteiger charge is -2.25. The van der Waals surface area contributed by atoms with Crippen LogP contribution in [0, 0.1) is 13.8 Å². The van der Waals surface area contributed by atoms with Gasteiger partial charge in [-0.3, -0.25) is 14.8 Å². The number of carbonyl (C=O) groups is 1. The number of aryl methyl sites for hydroxylation is 3. The standard InChI is InChI=1S/C17H23N3O2/c1-5-13-7-6-8-14(9-13)16(17(21)22)20(4)10-15-11(2)18-19-12(15)3/h6-9,16H,5,10H2,1-4H3,(H,18,19)(H,21,22)/t16-/m1/s1. The number of aromatic nitrogens is 2. The van der Waals surface area contributed by atoms with Gasteiger partial charge in [0, 0.05) is 17.8 Å². The first-order valence-electron chi connectivity index (χ1n) is 7.46. The molecule has 0 amide bonds. The first-order valence-corrected chi connectivity index (χ1v) is 7.46. The quantitative estimate of drug-likeness (QED) is 0.861. The lowest BCUT2D eigenvalue weighted by Crippen LogP contribution is -2.30. The lowest BCUT2D eigenvalue weighted by molar-refractivity contribution is -0.143. The summed E-state index contributed by atoms with van der Waals surface area (Å²) in [5.74, 6) is -0.838. The molecule has 0 saturated carbocycles. The van der Waals surface area contributed by atoms with E-state index in [1.54, 1.807) is 0 Å². The van der Waals surface area contributed by atoms with Crippen LogP contribution in [0.25, 0.3) is 0 Å². The summed E-state index contributed by atoms with van der Waals surface area (Å²) in [5.41, 5.74) is 4.91. The third-order valence-corrected chi connectivity index (χ3v) is 4.04. The Hall–Kier alpha value is -2.14. The predicted molar refractivity (Wildman–Crippen MR) is 85.7 cm³/mol. The molecule has 22 heavy (non-hydrogen) atoms. The smallest absolute Gasteiger partial charge is 0.325 e. The summed E-state index contributed by atoms with van der Waals surface area (Å²) >= 11 is 0. The Balaban J connectivity index is 2.29. The second-order valence-electron chi connectivity index (χ2n) is 5.67. The van der Waals surface area contributed by atoms with Crippen LogP contribution in [0.4, 0.5) is 0 Å². The van der Waals surface area contributed by atoms with Gasteiger partial charge in [-0.2, -0.15) is 5.10 Å². The molecule has 1 aromatic carbocycles. The molecule has 0 saturated heterocycles. The number of nitrogens with one attached hydrogen (secondary N) is 1. The number of benzene rings is 1. The third kappa shape index (κ3) is 3.36. The molecule has 5 heteroatoms. The first kappa shape index (κ1) is 16.2. The lowest BCUT2D eigenvalue weighted by atomic mass is 10.0. The molecule has 1 atom stereocenters. The van der Waals surface area contributed by atoms with Crippen LogP contribution in [0.2, 0.25) is 0 Å². The van der Waals surface area contributed by atoms with Crippen LogP contribution in [0.15, 0.2) is 24.3 Å². The zero-order valence-electron chi connectivity index (χ0n) is 13.6. The van der Waals surface area contributed by atoms with Gasteiger partial charge in [0.25, 0.3) is 0 Å². The molecule has 1 aromatic heterocycles. The summed E-state index contributed by atoms with van der Waals surface area (Å²) in [5, 5.41) is 16.8. The molecule has 0 aliphatic heterocycles. The zero-order valence-corrected chi connectivity index (χ0v) is 13.6. The fourth-order valence-corrected chi connectivity index (χ4v) is 2.72. The molecule has 0 radical (unpaired) electrons. The van der Waals surface area contributed by atoms with E-state index in [0.717, 1.165) is 34.5 Å². The minimum absolute atomic E-state index is 0.543. The highest BCUT2D eigenvalue weighted by molar-refractivity contribution is 5.75. The number of H-pyrrole nitrogens is 1. The van der Waals surface area contributed by atoms with Crippen molar-refractivity contribution < 1.29 is 9.90 Å². The molecular weight excluding hydrogens is 278 g/mol. The number of hydrogen-bond acceptors (Lipinski definition) is 3. The molecule has 0 spiro atoms. The summed E-state index contributed by atoms with van der Waals surface area (Å²) in [6.45, 7) is 6.50. The van der Waals surface area contributed by atoms with E-state index in [4.69, 9.17) is 0 Å². The van der Waals surface area contributed by atoms with Crippen molar-refractivity contribution in [3.63, 3.8) is 0 Å². The van der Waals surface area contributed by atoms with Crippen molar-refractivity contribution in [2.24, 2.45) is 0 Å². The third-order valence-electron chi connectivity index (χ3n) is 4.04. The largest absolute Gasteiger partial charge is 0.480 e. The van der Waals surface area contributed by atoms with Gasteiger partial charge < -0.3 is 5.11 Å². The summed E-state index contributed by atoms with van der Waals surface area (Å²) in [7, 11) is 1.84. The summed E-state index contributed by atoms with van der Waals surface area (Å²) in [6.07, 6.45) is 0.893. The van der Waals surface area contributed by atoms with Gasteiger partial charge in [-0.05, 0) is 38.4 Å². The van der Waals surface area contributed by atoms with Gasteiger partial charge in [-0.1, -0.05) is 31.2 Å². The van der Waals surface area contributed by atoms with E-state index >= 15 is 0 Å². The Kier molecular flexibility index (Phi) is 4.98. The predicted octanol–water partition coefficient (Wildman–Crippen LogP) is 2.85. The van der Waals surface area contributed by atoms with Crippen LogP contribution in [0.3, 0.4) is 0 Å². The summed E-state index contributed by atoms with van der Waals surface area (Å²) in [6, 6.07) is 7.13. The molecule has 2 rings (SSSR count).